The molecule has 0 saturated heterocycles. The number of rotatable bonds is 5. The summed E-state index contributed by atoms with van der Waals surface area (Å²) in [7, 11) is 0. The quantitative estimate of drug-likeness (QED) is 0.795. The van der Waals surface area contributed by atoms with Crippen LogP contribution in [0.5, 0.6) is 0 Å². The summed E-state index contributed by atoms with van der Waals surface area (Å²) >= 11 is 1.94. The van der Waals surface area contributed by atoms with Gasteiger partial charge in [0.15, 0.2) is 0 Å². The Morgan fingerprint density at radius 2 is 1.93 bits per heavy atom. The van der Waals surface area contributed by atoms with Gasteiger partial charge in [-0.25, -0.2) is 0 Å². The molecule has 1 rings (SSSR count). The maximum Gasteiger partial charge on any atom is 0.00483 e. The van der Waals surface area contributed by atoms with Crippen LogP contribution in [-0.2, 0) is 12.8 Å². The minimum absolute atomic E-state index is 0.288. The molecular formula is C12H21NS. The van der Waals surface area contributed by atoms with Gasteiger partial charge in [-0.2, -0.15) is 0 Å². The van der Waals surface area contributed by atoms with Crippen LogP contribution in [0.3, 0.4) is 0 Å². The van der Waals surface area contributed by atoms with Crippen LogP contribution >= 0.6 is 11.3 Å². The van der Waals surface area contributed by atoms with E-state index in [1.807, 2.05) is 11.3 Å². The van der Waals surface area contributed by atoms with E-state index in [-0.39, 0.29) is 5.41 Å². The minimum Gasteiger partial charge on any atom is -0.330 e. The van der Waals surface area contributed by atoms with E-state index < -0.39 is 0 Å². The number of thiophene rings is 1. The van der Waals surface area contributed by atoms with Crippen LogP contribution in [0.4, 0.5) is 0 Å². The third-order valence-electron chi connectivity index (χ3n) is 2.67. The van der Waals surface area contributed by atoms with Gasteiger partial charge in [0, 0.05) is 9.75 Å². The second-order valence-corrected chi connectivity index (χ2v) is 5.84. The van der Waals surface area contributed by atoms with Crippen LogP contribution in [0.1, 0.15) is 36.9 Å². The van der Waals surface area contributed by atoms with Crippen LogP contribution in [0, 0.1) is 5.41 Å². The predicted molar refractivity (Wildman–Crippen MR) is 64.9 cm³/mol. The zero-order valence-corrected chi connectivity index (χ0v) is 10.3. The highest BCUT2D eigenvalue weighted by atomic mass is 32.1. The Hall–Kier alpha value is -0.340. The highest BCUT2D eigenvalue weighted by molar-refractivity contribution is 7.11. The average Bonchev–Trinajstić information content (AvgIpc) is 2.63. The van der Waals surface area contributed by atoms with E-state index in [0.29, 0.717) is 0 Å². The lowest BCUT2D eigenvalue weighted by Crippen LogP contribution is -2.23. The molecule has 2 N–H and O–H groups in total. The molecule has 0 aliphatic heterocycles. The fraction of sp³-hybridized carbons (Fsp3) is 0.667. The van der Waals surface area contributed by atoms with E-state index >= 15 is 0 Å². The molecule has 0 amide bonds. The third-order valence-corrected chi connectivity index (χ3v) is 3.96. The summed E-state index contributed by atoms with van der Waals surface area (Å²) in [6, 6.07) is 4.51. The largest absolute Gasteiger partial charge is 0.330 e. The number of nitrogens with two attached hydrogens (primary N) is 1. The summed E-state index contributed by atoms with van der Waals surface area (Å²) in [4.78, 5) is 2.99. The molecule has 2 heteroatoms. The maximum atomic E-state index is 5.71. The summed E-state index contributed by atoms with van der Waals surface area (Å²) in [6.07, 6.45) is 3.52. The van der Waals surface area contributed by atoms with Crippen molar-refractivity contribution in [2.24, 2.45) is 11.1 Å². The second-order valence-electron chi connectivity index (χ2n) is 4.59. The monoisotopic (exact) mass is 211 g/mol. The van der Waals surface area contributed by atoms with E-state index in [9.17, 15) is 0 Å². The fourth-order valence-corrected chi connectivity index (χ4v) is 2.27. The van der Waals surface area contributed by atoms with Crippen molar-refractivity contribution in [2.45, 2.75) is 40.0 Å². The standard InChI is InChI=1S/C12H21NS/c1-4-10-5-6-11(14-10)7-8-12(2,3)9-13/h5-6H,4,7-9,13H2,1-3H3. The molecule has 0 aliphatic rings. The number of aryl methyl sites for hydroxylation is 2. The molecule has 80 valence electrons. The summed E-state index contributed by atoms with van der Waals surface area (Å²) in [5.74, 6) is 0. The normalized spacial score (nSPS) is 12.0. The Morgan fingerprint density at radius 1 is 1.29 bits per heavy atom. The van der Waals surface area contributed by atoms with E-state index in [4.69, 9.17) is 5.73 Å². The highest BCUT2D eigenvalue weighted by Crippen LogP contribution is 2.24. The number of hydrogen-bond acceptors (Lipinski definition) is 2. The van der Waals surface area contributed by atoms with Gasteiger partial charge >= 0.3 is 0 Å². The van der Waals surface area contributed by atoms with Gasteiger partial charge in [-0.05, 0) is 43.4 Å². The van der Waals surface area contributed by atoms with E-state index in [0.717, 1.165) is 13.0 Å². The second kappa shape index (κ2) is 4.94. The van der Waals surface area contributed by atoms with Crippen molar-refractivity contribution < 1.29 is 0 Å². The molecule has 0 spiro atoms. The van der Waals surface area contributed by atoms with Gasteiger partial charge in [0.1, 0.15) is 0 Å². The van der Waals surface area contributed by atoms with Gasteiger partial charge in [0.2, 0.25) is 0 Å². The van der Waals surface area contributed by atoms with Gasteiger partial charge in [-0.1, -0.05) is 20.8 Å². The van der Waals surface area contributed by atoms with Crippen LogP contribution in [0.2, 0.25) is 0 Å². The first-order valence-corrected chi connectivity index (χ1v) is 6.16. The van der Waals surface area contributed by atoms with Crippen molar-refractivity contribution in [2.75, 3.05) is 6.54 Å². The van der Waals surface area contributed by atoms with Gasteiger partial charge in [0.05, 0.1) is 0 Å². The number of hydrogen-bond donors (Lipinski definition) is 1. The van der Waals surface area contributed by atoms with Crippen LogP contribution in [0.25, 0.3) is 0 Å². The van der Waals surface area contributed by atoms with E-state index in [1.165, 1.54) is 22.6 Å². The zero-order valence-electron chi connectivity index (χ0n) is 9.47. The molecule has 0 fully saturated rings. The molecule has 0 atom stereocenters. The molecule has 0 aliphatic carbocycles. The summed E-state index contributed by atoms with van der Waals surface area (Å²) in [6.45, 7) is 7.46. The van der Waals surface area contributed by atoms with Crippen LogP contribution < -0.4 is 5.73 Å². The minimum atomic E-state index is 0.288. The first-order valence-electron chi connectivity index (χ1n) is 5.35. The van der Waals surface area contributed by atoms with Gasteiger partial charge in [-0.3, -0.25) is 0 Å². The summed E-state index contributed by atoms with van der Waals surface area (Å²) in [5.41, 5.74) is 5.99. The molecule has 1 heterocycles. The molecular weight excluding hydrogens is 190 g/mol. The lowest BCUT2D eigenvalue weighted by molar-refractivity contribution is 0.349. The summed E-state index contributed by atoms with van der Waals surface area (Å²) in [5, 5.41) is 0. The first-order chi connectivity index (χ1) is 6.57. The molecule has 1 aromatic rings. The maximum absolute atomic E-state index is 5.71. The van der Waals surface area contributed by atoms with Crippen LogP contribution in [0.15, 0.2) is 12.1 Å². The van der Waals surface area contributed by atoms with Crippen molar-refractivity contribution in [1.82, 2.24) is 0 Å². The molecule has 0 radical (unpaired) electrons. The molecule has 1 nitrogen and oxygen atoms in total. The Kier molecular flexibility index (Phi) is 4.14. The molecule has 1 aromatic heterocycles. The van der Waals surface area contributed by atoms with Crippen LogP contribution in [-0.4, -0.2) is 6.54 Å². The third kappa shape index (κ3) is 3.43. The Morgan fingerprint density at radius 3 is 2.43 bits per heavy atom. The predicted octanol–water partition coefficient (Wildman–Crippen LogP) is 3.23. The molecule has 0 saturated carbocycles. The van der Waals surface area contributed by atoms with Gasteiger partial charge < -0.3 is 5.73 Å². The van der Waals surface area contributed by atoms with Crippen molar-refractivity contribution >= 4 is 11.3 Å². The SMILES string of the molecule is CCc1ccc(CCC(C)(C)CN)s1. The lowest BCUT2D eigenvalue weighted by Gasteiger charge is -2.21. The highest BCUT2D eigenvalue weighted by Gasteiger charge is 2.15. The molecule has 14 heavy (non-hydrogen) atoms. The lowest BCUT2D eigenvalue weighted by atomic mass is 9.88. The van der Waals surface area contributed by atoms with Crippen molar-refractivity contribution in [3.05, 3.63) is 21.9 Å². The first kappa shape index (κ1) is 11.7. The summed E-state index contributed by atoms with van der Waals surface area (Å²) < 4.78 is 0. The smallest absolute Gasteiger partial charge is 0.00483 e. The van der Waals surface area contributed by atoms with Crippen molar-refractivity contribution in [1.29, 1.82) is 0 Å². The van der Waals surface area contributed by atoms with E-state index in [1.54, 1.807) is 0 Å². The van der Waals surface area contributed by atoms with E-state index in [2.05, 4.69) is 32.9 Å². The molecule has 0 aromatic carbocycles. The van der Waals surface area contributed by atoms with Gasteiger partial charge in [-0.15, -0.1) is 11.3 Å². The van der Waals surface area contributed by atoms with Crippen molar-refractivity contribution in [3.63, 3.8) is 0 Å². The molecule has 0 bridgehead atoms. The van der Waals surface area contributed by atoms with Crippen molar-refractivity contribution in [3.8, 4) is 0 Å². The Bertz CT molecular complexity index is 276. The van der Waals surface area contributed by atoms with Gasteiger partial charge in [0.25, 0.3) is 0 Å². The fourth-order valence-electron chi connectivity index (χ4n) is 1.31. The zero-order chi connectivity index (χ0) is 10.6. The topological polar surface area (TPSA) is 26.0 Å². The Balaban J connectivity index is 2.45. The Labute approximate surface area is 91.3 Å². The molecule has 0 unspecified atom stereocenters. The average molecular weight is 211 g/mol.